The van der Waals surface area contributed by atoms with Crippen LogP contribution in [0.1, 0.15) is 39.1 Å². The van der Waals surface area contributed by atoms with Crippen LogP contribution in [0.15, 0.2) is 110 Å². The Balaban J connectivity index is 1.26. The molecule has 4 aromatic carbocycles. The molecule has 0 atom stereocenters. The molecule has 41 heavy (non-hydrogen) atoms. The number of hydrogen-bond acceptors (Lipinski definition) is 7. The van der Waals surface area contributed by atoms with Gasteiger partial charge in [-0.25, -0.2) is 14.4 Å². The molecule has 0 fully saturated rings. The SMILES string of the molecule is C=CC(=O)OCCCCOc1ccc(C(=O)Oc2ccc(OC(=O)c3ccc(-c4ccccc4)cc3)c(C)c2)cc1. The first-order valence-electron chi connectivity index (χ1n) is 13.2. The number of carbonyl (C=O) groups is 3. The number of carbonyl (C=O) groups excluding carboxylic acids is 3. The summed E-state index contributed by atoms with van der Waals surface area (Å²) in [4.78, 5) is 36.3. The summed E-state index contributed by atoms with van der Waals surface area (Å²) in [6, 6.07) is 28.6. The van der Waals surface area contributed by atoms with E-state index in [1.807, 2.05) is 42.5 Å². The maximum atomic E-state index is 12.7. The highest BCUT2D eigenvalue weighted by atomic mass is 16.5. The van der Waals surface area contributed by atoms with Crippen molar-refractivity contribution in [2.45, 2.75) is 19.8 Å². The quantitative estimate of drug-likeness (QED) is 0.0813. The van der Waals surface area contributed by atoms with Crippen LogP contribution in [-0.2, 0) is 9.53 Å². The Morgan fingerprint density at radius 1 is 0.683 bits per heavy atom. The van der Waals surface area contributed by atoms with Crippen molar-refractivity contribution in [2.24, 2.45) is 0 Å². The third-order valence-corrected chi connectivity index (χ3v) is 6.10. The zero-order chi connectivity index (χ0) is 29.0. The average molecular weight is 551 g/mol. The van der Waals surface area contributed by atoms with E-state index in [0.717, 1.165) is 17.2 Å². The summed E-state index contributed by atoms with van der Waals surface area (Å²) in [6.45, 7) is 5.88. The van der Waals surface area contributed by atoms with Gasteiger partial charge in [0.05, 0.1) is 24.3 Å². The zero-order valence-corrected chi connectivity index (χ0v) is 22.7. The smallest absolute Gasteiger partial charge is 0.343 e. The molecule has 0 amide bonds. The van der Waals surface area contributed by atoms with Crippen molar-refractivity contribution in [2.75, 3.05) is 13.2 Å². The van der Waals surface area contributed by atoms with Crippen molar-refractivity contribution in [1.29, 1.82) is 0 Å². The summed E-state index contributed by atoms with van der Waals surface area (Å²) in [5.74, 6) is -0.122. The van der Waals surface area contributed by atoms with Gasteiger partial charge in [-0.3, -0.25) is 0 Å². The number of hydrogen-bond donors (Lipinski definition) is 0. The van der Waals surface area contributed by atoms with Crippen LogP contribution in [0.25, 0.3) is 11.1 Å². The fraction of sp³-hybridized carbons (Fsp3) is 0.147. The van der Waals surface area contributed by atoms with Gasteiger partial charge in [0.1, 0.15) is 17.2 Å². The minimum atomic E-state index is -0.525. The molecule has 208 valence electrons. The second-order valence-electron chi connectivity index (χ2n) is 9.10. The van der Waals surface area contributed by atoms with Gasteiger partial charge in [0.25, 0.3) is 0 Å². The highest BCUT2D eigenvalue weighted by molar-refractivity contribution is 5.92. The van der Waals surface area contributed by atoms with Crippen LogP contribution in [0, 0.1) is 6.92 Å². The molecule has 0 aliphatic heterocycles. The Bertz CT molecular complexity index is 1490. The second-order valence-corrected chi connectivity index (χ2v) is 9.10. The van der Waals surface area contributed by atoms with E-state index in [1.54, 1.807) is 61.5 Å². The van der Waals surface area contributed by atoms with Gasteiger partial charge in [0.2, 0.25) is 0 Å². The van der Waals surface area contributed by atoms with E-state index < -0.39 is 17.9 Å². The van der Waals surface area contributed by atoms with Gasteiger partial charge in [-0.2, -0.15) is 0 Å². The topological polar surface area (TPSA) is 88.1 Å². The minimum Gasteiger partial charge on any atom is -0.494 e. The molecule has 0 heterocycles. The van der Waals surface area contributed by atoms with Gasteiger partial charge in [-0.05, 0) is 91.1 Å². The maximum absolute atomic E-state index is 12.7. The van der Waals surface area contributed by atoms with Crippen LogP contribution >= 0.6 is 0 Å². The van der Waals surface area contributed by atoms with E-state index in [-0.39, 0.29) is 0 Å². The molecule has 0 aliphatic rings. The standard InChI is InChI=1S/C34H30O7/c1-3-32(35)39-22-8-7-21-38-29-17-15-28(16-18-29)33(36)40-30-19-20-31(24(2)23-30)41-34(37)27-13-11-26(12-14-27)25-9-5-4-6-10-25/h3-6,9-20,23H,1,7-8,21-22H2,2H3. The first-order valence-corrected chi connectivity index (χ1v) is 13.2. The summed E-state index contributed by atoms with van der Waals surface area (Å²) < 4.78 is 21.7. The van der Waals surface area contributed by atoms with E-state index in [4.69, 9.17) is 18.9 Å². The molecule has 4 aromatic rings. The zero-order valence-electron chi connectivity index (χ0n) is 22.7. The molecule has 0 spiro atoms. The van der Waals surface area contributed by atoms with Gasteiger partial charge in [0.15, 0.2) is 0 Å². The predicted octanol–water partition coefficient (Wildman–Crippen LogP) is 6.99. The highest BCUT2D eigenvalue weighted by Gasteiger charge is 2.14. The van der Waals surface area contributed by atoms with Crippen LogP contribution < -0.4 is 14.2 Å². The Labute approximate surface area is 239 Å². The van der Waals surface area contributed by atoms with Crippen LogP contribution in [0.5, 0.6) is 17.2 Å². The Kier molecular flexibility index (Phi) is 10.0. The summed E-state index contributed by atoms with van der Waals surface area (Å²) in [7, 11) is 0. The summed E-state index contributed by atoms with van der Waals surface area (Å²) in [5, 5.41) is 0. The monoisotopic (exact) mass is 550 g/mol. The molecule has 0 saturated carbocycles. The Morgan fingerprint density at radius 3 is 1.93 bits per heavy atom. The van der Waals surface area contributed by atoms with Gasteiger partial charge in [-0.15, -0.1) is 0 Å². The molecule has 7 heteroatoms. The highest BCUT2D eigenvalue weighted by Crippen LogP contribution is 2.26. The van der Waals surface area contributed by atoms with Crippen molar-refractivity contribution in [3.05, 3.63) is 126 Å². The van der Waals surface area contributed by atoms with Crippen molar-refractivity contribution < 1.29 is 33.3 Å². The molecular weight excluding hydrogens is 520 g/mol. The van der Waals surface area contributed by atoms with Crippen molar-refractivity contribution in [1.82, 2.24) is 0 Å². The second kappa shape index (κ2) is 14.3. The van der Waals surface area contributed by atoms with Crippen LogP contribution in [0.2, 0.25) is 0 Å². The lowest BCUT2D eigenvalue weighted by atomic mass is 10.0. The van der Waals surface area contributed by atoms with Crippen molar-refractivity contribution >= 4 is 17.9 Å². The third kappa shape index (κ3) is 8.41. The minimum absolute atomic E-state index is 0.310. The van der Waals surface area contributed by atoms with E-state index in [0.29, 0.717) is 60.0 Å². The van der Waals surface area contributed by atoms with Crippen molar-refractivity contribution in [3.63, 3.8) is 0 Å². The van der Waals surface area contributed by atoms with E-state index >= 15 is 0 Å². The number of benzene rings is 4. The molecule has 0 radical (unpaired) electrons. The molecular formula is C34H30O7. The maximum Gasteiger partial charge on any atom is 0.343 e. The fourth-order valence-electron chi connectivity index (χ4n) is 3.87. The normalized spacial score (nSPS) is 10.4. The van der Waals surface area contributed by atoms with E-state index in [9.17, 15) is 14.4 Å². The molecule has 7 nitrogen and oxygen atoms in total. The van der Waals surface area contributed by atoms with Gasteiger partial charge in [0, 0.05) is 6.08 Å². The lowest BCUT2D eigenvalue weighted by molar-refractivity contribution is -0.137. The van der Waals surface area contributed by atoms with Crippen LogP contribution in [-0.4, -0.2) is 31.1 Å². The third-order valence-electron chi connectivity index (χ3n) is 6.10. The molecule has 0 aromatic heterocycles. The van der Waals surface area contributed by atoms with Gasteiger partial charge in [-0.1, -0.05) is 49.0 Å². The first kappa shape index (κ1) is 28.8. The summed E-state index contributed by atoms with van der Waals surface area (Å²) >= 11 is 0. The Morgan fingerprint density at radius 2 is 1.27 bits per heavy atom. The predicted molar refractivity (Wildman–Crippen MR) is 155 cm³/mol. The number of rotatable bonds is 12. The lowest BCUT2D eigenvalue weighted by Gasteiger charge is -2.11. The van der Waals surface area contributed by atoms with E-state index in [1.165, 1.54) is 0 Å². The molecule has 0 unspecified atom stereocenters. The van der Waals surface area contributed by atoms with Crippen LogP contribution in [0.3, 0.4) is 0 Å². The molecule has 0 saturated heterocycles. The Hall–Kier alpha value is -5.17. The first-order chi connectivity index (χ1) is 19.9. The van der Waals surface area contributed by atoms with Crippen molar-refractivity contribution in [3.8, 4) is 28.4 Å². The fourth-order valence-corrected chi connectivity index (χ4v) is 3.87. The number of esters is 3. The van der Waals surface area contributed by atoms with Crippen LogP contribution in [0.4, 0.5) is 0 Å². The van der Waals surface area contributed by atoms with E-state index in [2.05, 4.69) is 6.58 Å². The molecule has 0 aliphatic carbocycles. The summed E-state index contributed by atoms with van der Waals surface area (Å²) in [6.07, 6.45) is 2.51. The number of aryl methyl sites for hydroxylation is 1. The average Bonchev–Trinajstić information content (AvgIpc) is 3.00. The largest absolute Gasteiger partial charge is 0.494 e. The van der Waals surface area contributed by atoms with Gasteiger partial charge >= 0.3 is 17.9 Å². The molecule has 0 bridgehead atoms. The summed E-state index contributed by atoms with van der Waals surface area (Å²) in [5.41, 5.74) is 3.51. The number of unbranched alkanes of at least 4 members (excludes halogenated alkanes) is 1. The molecule has 0 N–H and O–H groups in total. The molecule has 4 rings (SSSR count). The van der Waals surface area contributed by atoms with Gasteiger partial charge < -0.3 is 18.9 Å². The lowest BCUT2D eigenvalue weighted by Crippen LogP contribution is -2.10. The number of ether oxygens (including phenoxy) is 4.